The molecule has 4 N–H and O–H groups in total. The van der Waals surface area contributed by atoms with Crippen LogP contribution in [0.4, 0.5) is 14.6 Å². The van der Waals surface area contributed by atoms with Gasteiger partial charge in [0, 0.05) is 106 Å². The molecule has 4 fully saturated rings. The maximum Gasteiger partial charge on any atom is 0.319 e. The summed E-state index contributed by atoms with van der Waals surface area (Å²) in [6.07, 6.45) is 9.38. The Balaban J connectivity index is 0.744. The number of hydrogen-bond acceptors (Lipinski definition) is 12. The summed E-state index contributed by atoms with van der Waals surface area (Å²) in [6.45, 7) is 11.0. The van der Waals surface area contributed by atoms with E-state index in [9.17, 15) is 24.5 Å². The number of phenols is 3. The fourth-order valence-corrected chi connectivity index (χ4v) is 10.7. The van der Waals surface area contributed by atoms with Gasteiger partial charge in [-0.2, -0.15) is 9.97 Å². The van der Waals surface area contributed by atoms with Crippen molar-refractivity contribution in [1.29, 1.82) is 0 Å². The van der Waals surface area contributed by atoms with Crippen LogP contribution in [0.1, 0.15) is 70.8 Å². The number of piperazine rings is 1. The summed E-state index contributed by atoms with van der Waals surface area (Å²) in [5.74, 6) is 1.19. The molecule has 7 heterocycles. The summed E-state index contributed by atoms with van der Waals surface area (Å²) in [5, 5.41) is 36.2. The summed E-state index contributed by atoms with van der Waals surface area (Å²) >= 11 is 0. The van der Waals surface area contributed by atoms with Crippen molar-refractivity contribution < 1.29 is 33.6 Å². The monoisotopic (exact) mass is 892 g/mol. The number of pyridine rings is 1. The second-order valence-electron chi connectivity index (χ2n) is 19.0. The zero-order valence-electron chi connectivity index (χ0n) is 36.8. The molecule has 0 aliphatic carbocycles. The highest BCUT2D eigenvalue weighted by molar-refractivity contribution is 6.03. The van der Waals surface area contributed by atoms with Crippen LogP contribution in [-0.2, 0) is 19.6 Å². The van der Waals surface area contributed by atoms with Gasteiger partial charge in [0.1, 0.15) is 40.1 Å². The number of halogens is 2. The Morgan fingerprint density at radius 3 is 2.45 bits per heavy atom. The van der Waals surface area contributed by atoms with Crippen LogP contribution in [0.3, 0.4) is 0 Å². The molecule has 2 unspecified atom stereocenters. The number of benzene rings is 4. The number of aromatic nitrogens is 3. The molecular weight excluding hydrogens is 843 g/mol. The highest BCUT2D eigenvalue weighted by Gasteiger charge is 2.40. The molecule has 4 aromatic carbocycles. The second kappa shape index (κ2) is 16.4. The predicted octanol–water partition coefficient (Wildman–Crippen LogP) is 6.64. The lowest BCUT2D eigenvalue weighted by Crippen LogP contribution is -2.65. The Labute approximate surface area is 380 Å². The smallest absolute Gasteiger partial charge is 0.319 e. The van der Waals surface area contributed by atoms with E-state index < -0.39 is 11.6 Å². The molecule has 338 valence electrons. The summed E-state index contributed by atoms with van der Waals surface area (Å²) in [6, 6.07) is 15.9. The van der Waals surface area contributed by atoms with E-state index in [0.717, 1.165) is 56.7 Å². The fraction of sp³-hybridized carbons (Fsp3) is 0.373. The van der Waals surface area contributed by atoms with Crippen molar-refractivity contribution >= 4 is 33.4 Å². The number of ether oxygens (including phenoxy) is 1. The van der Waals surface area contributed by atoms with E-state index in [1.54, 1.807) is 17.2 Å². The van der Waals surface area contributed by atoms with Gasteiger partial charge >= 0.3 is 6.01 Å². The molecule has 0 saturated carbocycles. The molecule has 4 saturated heterocycles. The molecule has 1 amide bonds. The number of amides is 1. The number of carbonyl (C=O) groups is 1. The van der Waals surface area contributed by atoms with Crippen molar-refractivity contribution in [2.45, 2.75) is 70.4 Å². The molecule has 0 spiro atoms. The van der Waals surface area contributed by atoms with Gasteiger partial charge in [0.2, 0.25) is 0 Å². The number of fused-ring (bicyclic) bond motifs is 5. The third kappa shape index (κ3) is 7.46. The molecule has 2 atom stereocenters. The molecule has 5 aliphatic rings. The van der Waals surface area contributed by atoms with Crippen LogP contribution in [0.15, 0.2) is 60.8 Å². The van der Waals surface area contributed by atoms with Crippen molar-refractivity contribution in [3.8, 4) is 46.9 Å². The van der Waals surface area contributed by atoms with Gasteiger partial charge in [-0.05, 0) is 70.7 Å². The molecule has 2 aromatic heterocycles. The Kier molecular flexibility index (Phi) is 10.4. The number of phenolic OH excluding ortho intramolecular Hbond substituents is 3. The topological polar surface area (TPSA) is 151 Å². The van der Waals surface area contributed by atoms with Crippen molar-refractivity contribution in [1.82, 2.24) is 35.0 Å². The minimum Gasteiger partial charge on any atom is -0.508 e. The lowest BCUT2D eigenvalue weighted by molar-refractivity contribution is -0.0450. The third-order valence-electron chi connectivity index (χ3n) is 14.2. The van der Waals surface area contributed by atoms with Crippen LogP contribution < -0.4 is 15.0 Å². The molecule has 13 nitrogen and oxygen atoms in total. The molecule has 0 radical (unpaired) electrons. The zero-order valence-corrected chi connectivity index (χ0v) is 36.8. The van der Waals surface area contributed by atoms with E-state index in [0.29, 0.717) is 73.1 Å². The van der Waals surface area contributed by atoms with Crippen LogP contribution >= 0.6 is 0 Å². The quantitative estimate of drug-likeness (QED) is 0.109. The maximum atomic E-state index is 17.0. The van der Waals surface area contributed by atoms with Gasteiger partial charge in [-0.1, -0.05) is 44.0 Å². The molecule has 15 heteroatoms. The van der Waals surface area contributed by atoms with E-state index in [1.165, 1.54) is 35.9 Å². The molecular formula is C51H50F2N8O5. The van der Waals surface area contributed by atoms with Gasteiger partial charge in [0.15, 0.2) is 5.82 Å². The van der Waals surface area contributed by atoms with Crippen LogP contribution in [0.5, 0.6) is 23.3 Å². The number of carbonyl (C=O) groups excluding carboxylic acids is 1. The van der Waals surface area contributed by atoms with Gasteiger partial charge in [0.25, 0.3) is 5.91 Å². The molecule has 66 heavy (non-hydrogen) atoms. The first-order valence-corrected chi connectivity index (χ1v) is 22.7. The van der Waals surface area contributed by atoms with Gasteiger partial charge in [-0.3, -0.25) is 19.6 Å². The van der Waals surface area contributed by atoms with E-state index in [1.807, 2.05) is 13.8 Å². The standard InChI is InChI=1S/C51H50F2N8O5/c1-4-37-42(52)10-7-30-12-36(62)13-40(45(30)37)47-46(53)48-41(16-54-47)49(60-22-33-8-9-34(23-60)55-33)57-51(56-48)66-26-29-18-59(19-29)35-24-58(25-35)17-28-5-6-31-20-61(21-32(31)11-28)50(65)39-14-38(27(2)3)43(63)15-44(39)64/h1,5-7,10-16,27,29,33-35,55,62-64H,8-9,17-26H2,2-3H3. The van der Waals surface area contributed by atoms with E-state index >= 15 is 4.39 Å². The normalized spacial score (nSPS) is 19.9. The largest absolute Gasteiger partial charge is 0.508 e. The number of rotatable bonds is 10. The average Bonchev–Trinajstić information content (AvgIpc) is 3.85. The Hall–Kier alpha value is -6.60. The van der Waals surface area contributed by atoms with E-state index in [2.05, 4.69) is 54.1 Å². The van der Waals surface area contributed by atoms with E-state index in [-0.39, 0.29) is 74.3 Å². The number of aromatic hydroxyl groups is 3. The van der Waals surface area contributed by atoms with Crippen LogP contribution in [0, 0.1) is 29.9 Å². The number of hydrogen-bond donors (Lipinski definition) is 4. The minimum atomic E-state index is -0.744. The summed E-state index contributed by atoms with van der Waals surface area (Å²) in [4.78, 5) is 36.3. The van der Waals surface area contributed by atoms with Crippen molar-refractivity contribution in [3.63, 3.8) is 0 Å². The first-order valence-electron chi connectivity index (χ1n) is 22.7. The first kappa shape index (κ1) is 42.1. The zero-order chi connectivity index (χ0) is 45.5. The van der Waals surface area contributed by atoms with Crippen LogP contribution in [-0.4, -0.2) is 115 Å². The molecule has 5 aliphatic heterocycles. The number of terminal acetylenes is 1. The maximum absolute atomic E-state index is 17.0. The second-order valence-corrected chi connectivity index (χ2v) is 19.0. The molecule has 2 bridgehead atoms. The lowest BCUT2D eigenvalue weighted by Gasteiger charge is -2.51. The first-order chi connectivity index (χ1) is 31.9. The van der Waals surface area contributed by atoms with Gasteiger partial charge < -0.3 is 35.2 Å². The van der Waals surface area contributed by atoms with Gasteiger partial charge in [-0.15, -0.1) is 6.42 Å². The summed E-state index contributed by atoms with van der Waals surface area (Å²) in [7, 11) is 0. The minimum absolute atomic E-state index is 0.000820. The predicted molar refractivity (Wildman–Crippen MR) is 245 cm³/mol. The lowest BCUT2D eigenvalue weighted by atomic mass is 9.94. The summed E-state index contributed by atoms with van der Waals surface area (Å²) < 4.78 is 38.3. The van der Waals surface area contributed by atoms with Crippen molar-refractivity contribution in [2.24, 2.45) is 5.92 Å². The number of likely N-dealkylation sites (tertiary alicyclic amines) is 2. The highest BCUT2D eigenvalue weighted by atomic mass is 19.1. The van der Waals surface area contributed by atoms with Gasteiger partial charge in [0.05, 0.1) is 23.1 Å². The van der Waals surface area contributed by atoms with Gasteiger partial charge in [-0.25, -0.2) is 8.78 Å². The number of anilines is 1. The Bertz CT molecular complexity index is 2990. The molecule has 11 rings (SSSR count). The number of nitrogens with one attached hydrogen (secondary N) is 1. The molecule has 6 aromatic rings. The SMILES string of the molecule is C#Cc1c(F)ccc2cc(O)cc(-c3ncc4c(N5CC6CCC(C5)N6)nc(OCC5CN(C6CN(Cc7ccc8c(c7)CN(C(=O)c7cc(C(C)C)c(O)cc7O)C8)C6)C5)nc4c3F)c12. The number of nitrogens with zero attached hydrogens (tertiary/aromatic N) is 7. The van der Waals surface area contributed by atoms with Crippen molar-refractivity contribution in [2.75, 3.05) is 50.8 Å². The van der Waals surface area contributed by atoms with E-state index in [4.69, 9.17) is 16.1 Å². The highest BCUT2D eigenvalue weighted by Crippen LogP contribution is 2.40. The average molecular weight is 893 g/mol. The van der Waals surface area contributed by atoms with Crippen LogP contribution in [0.2, 0.25) is 0 Å². The fourth-order valence-electron chi connectivity index (χ4n) is 10.7. The van der Waals surface area contributed by atoms with Crippen LogP contribution in [0.25, 0.3) is 32.9 Å². The summed E-state index contributed by atoms with van der Waals surface area (Å²) in [5.41, 5.74) is 4.24. The third-order valence-corrected chi connectivity index (χ3v) is 14.2. The Morgan fingerprint density at radius 1 is 0.924 bits per heavy atom. The van der Waals surface area contributed by atoms with Crippen molar-refractivity contribution in [3.05, 3.63) is 106 Å². The Morgan fingerprint density at radius 2 is 1.70 bits per heavy atom.